The lowest BCUT2D eigenvalue weighted by molar-refractivity contribution is -0.137. The minimum Gasteiger partial charge on any atom is -0.338 e. The van der Waals surface area contributed by atoms with Crippen LogP contribution in [-0.4, -0.2) is 52.0 Å². The fraction of sp³-hybridized carbons (Fsp3) is 0.409. The van der Waals surface area contributed by atoms with Crippen molar-refractivity contribution in [2.45, 2.75) is 33.0 Å². The molecular formula is C22H23F3N4O2S. The Kier molecular flexibility index (Phi) is 6.34. The van der Waals surface area contributed by atoms with Gasteiger partial charge in [0.05, 0.1) is 17.0 Å². The van der Waals surface area contributed by atoms with E-state index in [0.717, 1.165) is 29.0 Å². The summed E-state index contributed by atoms with van der Waals surface area (Å²) in [6.45, 7) is 6.98. The zero-order chi connectivity index (χ0) is 22.9. The van der Waals surface area contributed by atoms with Gasteiger partial charge < -0.3 is 9.42 Å². The van der Waals surface area contributed by atoms with E-state index >= 15 is 0 Å². The molecule has 0 bridgehead atoms. The average molecular weight is 465 g/mol. The van der Waals surface area contributed by atoms with Gasteiger partial charge >= 0.3 is 6.18 Å². The maximum Gasteiger partial charge on any atom is 0.416 e. The highest BCUT2D eigenvalue weighted by molar-refractivity contribution is 7.14. The molecule has 170 valence electrons. The molecule has 0 aliphatic carbocycles. The molecule has 1 saturated heterocycles. The number of carbonyl (C=O) groups excluding carboxylic acids is 1. The molecule has 0 radical (unpaired) electrons. The Morgan fingerprint density at radius 1 is 1.19 bits per heavy atom. The molecule has 0 saturated carbocycles. The van der Waals surface area contributed by atoms with E-state index in [-0.39, 0.29) is 17.3 Å². The summed E-state index contributed by atoms with van der Waals surface area (Å²) in [7, 11) is 0. The van der Waals surface area contributed by atoms with Crippen LogP contribution in [0.15, 0.2) is 34.9 Å². The highest BCUT2D eigenvalue weighted by Gasteiger charge is 2.31. The van der Waals surface area contributed by atoms with Crippen LogP contribution in [0.2, 0.25) is 0 Å². The van der Waals surface area contributed by atoms with Crippen LogP contribution in [0.5, 0.6) is 0 Å². The van der Waals surface area contributed by atoms with Gasteiger partial charge in [-0.2, -0.15) is 18.2 Å². The number of hydrogen-bond donors (Lipinski definition) is 0. The molecule has 0 spiro atoms. The number of halogens is 3. The number of alkyl halides is 3. The van der Waals surface area contributed by atoms with Crippen molar-refractivity contribution in [2.24, 2.45) is 0 Å². The second-order valence-electron chi connectivity index (χ2n) is 7.73. The summed E-state index contributed by atoms with van der Waals surface area (Å²) >= 11 is 1.56. The second kappa shape index (κ2) is 9.03. The third kappa shape index (κ3) is 4.86. The van der Waals surface area contributed by atoms with Crippen molar-refractivity contribution < 1.29 is 22.5 Å². The predicted octanol–water partition coefficient (Wildman–Crippen LogP) is 4.65. The summed E-state index contributed by atoms with van der Waals surface area (Å²) in [6, 6.07) is 6.82. The van der Waals surface area contributed by atoms with E-state index in [1.807, 2.05) is 17.9 Å². The van der Waals surface area contributed by atoms with Crippen LogP contribution in [0.4, 0.5) is 13.2 Å². The topological polar surface area (TPSA) is 62.5 Å². The lowest BCUT2D eigenvalue weighted by atomic mass is 10.1. The number of aromatic nitrogens is 2. The number of nitrogens with zero attached hydrogens (tertiary/aromatic N) is 4. The minimum atomic E-state index is -4.43. The summed E-state index contributed by atoms with van der Waals surface area (Å²) in [5, 5.41) is 3.83. The first kappa shape index (κ1) is 22.5. The Balaban J connectivity index is 1.35. The minimum absolute atomic E-state index is 0.0575. The molecule has 32 heavy (non-hydrogen) atoms. The van der Waals surface area contributed by atoms with Crippen LogP contribution < -0.4 is 0 Å². The second-order valence-corrected chi connectivity index (χ2v) is 8.87. The monoisotopic (exact) mass is 464 g/mol. The number of piperazine rings is 1. The third-order valence-corrected chi connectivity index (χ3v) is 6.86. The van der Waals surface area contributed by atoms with Gasteiger partial charge in [0.15, 0.2) is 0 Å². The third-order valence-electron chi connectivity index (χ3n) is 5.49. The summed E-state index contributed by atoms with van der Waals surface area (Å²) in [6.07, 6.45) is -3.51. The Morgan fingerprint density at radius 3 is 2.59 bits per heavy atom. The molecule has 1 aliphatic rings. The summed E-state index contributed by atoms with van der Waals surface area (Å²) in [5.74, 6) is 0.514. The quantitative estimate of drug-likeness (QED) is 0.550. The number of rotatable bonds is 5. The Hall–Kier alpha value is -2.72. The Morgan fingerprint density at radius 2 is 1.94 bits per heavy atom. The first-order chi connectivity index (χ1) is 15.2. The molecule has 3 aromatic rings. The standard InChI is InChI=1S/C22H23F3N4O2S/c1-3-17-14(2)11-18(32-17)21(30)29-9-7-28(8-10-29)13-19-26-20(27-31-19)15-5-4-6-16(12-15)22(23,24)25/h4-6,11-12H,3,7-10,13H2,1-2H3. The molecule has 1 aliphatic heterocycles. The molecule has 0 atom stereocenters. The molecular weight excluding hydrogens is 441 g/mol. The number of aryl methyl sites for hydroxylation is 2. The van der Waals surface area contributed by atoms with Gasteiger partial charge in [0.25, 0.3) is 5.91 Å². The van der Waals surface area contributed by atoms with Crippen LogP contribution in [0, 0.1) is 6.92 Å². The van der Waals surface area contributed by atoms with Crippen LogP contribution in [-0.2, 0) is 19.1 Å². The molecule has 1 fully saturated rings. The van der Waals surface area contributed by atoms with Crippen LogP contribution in [0.25, 0.3) is 11.4 Å². The van der Waals surface area contributed by atoms with Gasteiger partial charge in [0, 0.05) is 36.6 Å². The largest absolute Gasteiger partial charge is 0.416 e. The number of carbonyl (C=O) groups is 1. The predicted molar refractivity (Wildman–Crippen MR) is 114 cm³/mol. The summed E-state index contributed by atoms with van der Waals surface area (Å²) in [5.41, 5.74) is 0.657. The molecule has 2 aromatic heterocycles. The SMILES string of the molecule is CCc1sc(C(=O)N2CCN(Cc3nc(-c4cccc(C(F)(F)F)c4)no3)CC2)cc1C. The van der Waals surface area contributed by atoms with E-state index in [9.17, 15) is 18.0 Å². The van der Waals surface area contributed by atoms with Crippen molar-refractivity contribution in [3.05, 3.63) is 57.1 Å². The fourth-order valence-corrected chi connectivity index (χ4v) is 4.79. The first-order valence-corrected chi connectivity index (χ1v) is 11.2. The molecule has 10 heteroatoms. The van der Waals surface area contributed by atoms with Crippen molar-refractivity contribution >= 4 is 17.2 Å². The van der Waals surface area contributed by atoms with Crippen molar-refractivity contribution in [1.29, 1.82) is 0 Å². The highest BCUT2D eigenvalue weighted by Crippen LogP contribution is 2.31. The van der Waals surface area contributed by atoms with Gasteiger partial charge in [-0.1, -0.05) is 24.2 Å². The molecule has 0 unspecified atom stereocenters. The highest BCUT2D eigenvalue weighted by atomic mass is 32.1. The first-order valence-electron chi connectivity index (χ1n) is 10.4. The van der Waals surface area contributed by atoms with Crippen molar-refractivity contribution in [1.82, 2.24) is 19.9 Å². The lowest BCUT2D eigenvalue weighted by Crippen LogP contribution is -2.48. The zero-order valence-electron chi connectivity index (χ0n) is 17.8. The normalized spacial score (nSPS) is 15.3. The fourth-order valence-electron chi connectivity index (χ4n) is 3.70. The Labute approximate surface area is 187 Å². The number of amides is 1. The van der Waals surface area contributed by atoms with Gasteiger partial charge in [-0.15, -0.1) is 11.3 Å². The van der Waals surface area contributed by atoms with Gasteiger partial charge in [-0.25, -0.2) is 0 Å². The number of benzene rings is 1. The maximum absolute atomic E-state index is 12.9. The van der Waals surface area contributed by atoms with Crippen molar-refractivity contribution in [3.8, 4) is 11.4 Å². The van der Waals surface area contributed by atoms with E-state index in [2.05, 4.69) is 22.0 Å². The van der Waals surface area contributed by atoms with Gasteiger partial charge in [0.2, 0.25) is 11.7 Å². The molecule has 6 nitrogen and oxygen atoms in total. The molecule has 1 aromatic carbocycles. The average Bonchev–Trinajstić information content (AvgIpc) is 3.39. The van der Waals surface area contributed by atoms with Crippen LogP contribution in [0.3, 0.4) is 0 Å². The van der Waals surface area contributed by atoms with Crippen molar-refractivity contribution in [3.63, 3.8) is 0 Å². The smallest absolute Gasteiger partial charge is 0.338 e. The van der Waals surface area contributed by atoms with E-state index in [1.165, 1.54) is 17.0 Å². The molecule has 0 N–H and O–H groups in total. The molecule has 4 rings (SSSR count). The maximum atomic E-state index is 12.9. The number of thiophene rings is 1. The summed E-state index contributed by atoms with van der Waals surface area (Å²) < 4.78 is 44.1. The van der Waals surface area contributed by atoms with E-state index in [4.69, 9.17) is 4.52 Å². The van der Waals surface area contributed by atoms with Crippen LogP contribution in [0.1, 0.15) is 38.5 Å². The summed E-state index contributed by atoms with van der Waals surface area (Å²) in [4.78, 5) is 23.0. The zero-order valence-corrected chi connectivity index (χ0v) is 18.6. The lowest BCUT2D eigenvalue weighted by Gasteiger charge is -2.33. The number of hydrogen-bond acceptors (Lipinski definition) is 6. The van der Waals surface area contributed by atoms with Gasteiger partial charge in [-0.3, -0.25) is 9.69 Å². The van der Waals surface area contributed by atoms with E-state index in [0.29, 0.717) is 38.6 Å². The molecule has 1 amide bonds. The molecule has 3 heterocycles. The van der Waals surface area contributed by atoms with E-state index < -0.39 is 11.7 Å². The van der Waals surface area contributed by atoms with Crippen LogP contribution >= 0.6 is 11.3 Å². The van der Waals surface area contributed by atoms with Gasteiger partial charge in [0.1, 0.15) is 0 Å². The van der Waals surface area contributed by atoms with Gasteiger partial charge in [-0.05, 0) is 37.1 Å². The van der Waals surface area contributed by atoms with E-state index in [1.54, 1.807) is 11.3 Å². The Bertz CT molecular complexity index is 1100. The van der Waals surface area contributed by atoms with Crippen molar-refractivity contribution in [2.75, 3.05) is 26.2 Å².